The average molecular weight is 532 g/mol. The standard InChI is InChI=1S/C10H14ClFN3O13P3/c11-3-9-7(26-30(21,22)28-31(23,24)27-29(18,19)20)10(9,17)5(12)6(25-9)15-2-1-4(13)14-8(15)16/h1-2,5-7,17H,3H2,(H,21,22)(H,23,24)(H2,13,14,16)(H2,18,19,20)/t5-,6+,7?,9+,10+/m0/s1. The number of anilines is 1. The van der Waals surface area contributed by atoms with Gasteiger partial charge in [0.1, 0.15) is 17.5 Å². The number of nitrogens with two attached hydrogens (primary N) is 1. The molecule has 1 aliphatic heterocycles. The molecule has 3 rings (SSSR count). The van der Waals surface area contributed by atoms with Crippen LogP contribution in [0.5, 0.6) is 0 Å². The molecule has 2 fully saturated rings. The highest BCUT2D eigenvalue weighted by Crippen LogP contribution is 2.72. The van der Waals surface area contributed by atoms with Crippen LogP contribution < -0.4 is 11.4 Å². The molecule has 0 bridgehead atoms. The van der Waals surface area contributed by atoms with Gasteiger partial charge in [0, 0.05) is 6.20 Å². The fourth-order valence-corrected chi connectivity index (χ4v) is 6.80. The van der Waals surface area contributed by atoms with Crippen molar-refractivity contribution in [2.24, 2.45) is 0 Å². The van der Waals surface area contributed by atoms with Crippen LogP contribution in [0.25, 0.3) is 0 Å². The zero-order chi connectivity index (χ0) is 23.6. The number of hydrogen-bond acceptors (Lipinski definition) is 11. The van der Waals surface area contributed by atoms with E-state index in [0.29, 0.717) is 4.57 Å². The molecule has 7 N–H and O–H groups in total. The highest BCUT2D eigenvalue weighted by atomic mass is 35.5. The second-order valence-electron chi connectivity index (χ2n) is 6.38. The normalized spacial score (nSPS) is 36.4. The number of nitrogens with zero attached hydrogens (tertiary/aromatic N) is 2. The van der Waals surface area contributed by atoms with Crippen LogP contribution in [0.1, 0.15) is 6.23 Å². The molecule has 0 radical (unpaired) electrons. The van der Waals surface area contributed by atoms with Gasteiger partial charge in [0.05, 0.1) is 5.88 Å². The molecule has 0 aromatic carbocycles. The first-order chi connectivity index (χ1) is 14.0. The lowest BCUT2D eigenvalue weighted by molar-refractivity contribution is -0.0851. The maximum Gasteiger partial charge on any atom is 0.490 e. The summed E-state index contributed by atoms with van der Waals surface area (Å²) in [4.78, 5) is 51.1. The molecule has 16 nitrogen and oxygen atoms in total. The SMILES string of the molecule is Nc1ccn([C@@H]2O[C@]3(CCl)C(OP(=O)(O)OP(=O)(O)OP(=O)(O)O)[C@]3(O)[C@H]2F)c(=O)n1. The molecule has 1 saturated carbocycles. The summed E-state index contributed by atoms with van der Waals surface area (Å²) in [5.74, 6) is -0.936. The van der Waals surface area contributed by atoms with E-state index in [0.717, 1.165) is 12.3 Å². The maximum absolute atomic E-state index is 15.0. The molecule has 0 spiro atoms. The zero-order valence-corrected chi connectivity index (χ0v) is 18.1. The Morgan fingerprint density at radius 2 is 1.87 bits per heavy atom. The lowest BCUT2D eigenvalue weighted by Crippen LogP contribution is -2.38. The van der Waals surface area contributed by atoms with Gasteiger partial charge in [-0.25, -0.2) is 22.9 Å². The molecule has 2 aliphatic rings. The second kappa shape index (κ2) is 7.64. The van der Waals surface area contributed by atoms with Crippen molar-refractivity contribution in [2.75, 3.05) is 11.6 Å². The van der Waals surface area contributed by atoms with Crippen molar-refractivity contribution in [1.29, 1.82) is 0 Å². The molecule has 21 heteroatoms. The number of aromatic nitrogens is 2. The van der Waals surface area contributed by atoms with Crippen LogP contribution in [0.15, 0.2) is 17.1 Å². The number of hydrogen-bond donors (Lipinski definition) is 6. The quantitative estimate of drug-likeness (QED) is 0.176. The number of halogens is 2. The smallest absolute Gasteiger partial charge is 0.383 e. The Kier molecular flexibility index (Phi) is 6.13. The lowest BCUT2D eigenvalue weighted by Gasteiger charge is -2.24. The van der Waals surface area contributed by atoms with Crippen LogP contribution in [0.3, 0.4) is 0 Å². The first-order valence-electron chi connectivity index (χ1n) is 7.75. The molecule has 7 atom stereocenters. The summed E-state index contributed by atoms with van der Waals surface area (Å²) in [5.41, 5.74) is -0.667. The Morgan fingerprint density at radius 3 is 2.35 bits per heavy atom. The Hall–Kier alpha value is -0.770. The van der Waals surface area contributed by atoms with Crippen molar-refractivity contribution >= 4 is 40.9 Å². The van der Waals surface area contributed by atoms with E-state index in [2.05, 4.69) is 18.1 Å². The number of aliphatic hydroxyl groups is 1. The highest BCUT2D eigenvalue weighted by molar-refractivity contribution is 7.66. The van der Waals surface area contributed by atoms with Gasteiger partial charge in [-0.15, -0.1) is 11.6 Å². The second-order valence-corrected chi connectivity index (χ2v) is 11.0. The van der Waals surface area contributed by atoms with Gasteiger partial charge in [0.2, 0.25) is 0 Å². The van der Waals surface area contributed by atoms with E-state index in [9.17, 15) is 28.5 Å². The van der Waals surface area contributed by atoms with Crippen LogP contribution in [-0.4, -0.2) is 63.6 Å². The van der Waals surface area contributed by atoms with Gasteiger partial charge in [-0.3, -0.25) is 9.09 Å². The zero-order valence-electron chi connectivity index (χ0n) is 14.7. The van der Waals surface area contributed by atoms with E-state index >= 15 is 4.39 Å². The molecule has 31 heavy (non-hydrogen) atoms. The number of fused-ring (bicyclic) bond motifs is 1. The Bertz CT molecular complexity index is 1090. The van der Waals surface area contributed by atoms with Gasteiger partial charge in [0.15, 0.2) is 18.0 Å². The third-order valence-corrected chi connectivity index (χ3v) is 8.60. The first-order valence-corrected chi connectivity index (χ1v) is 12.8. The third-order valence-electron chi connectivity index (χ3n) is 4.40. The van der Waals surface area contributed by atoms with Gasteiger partial charge in [-0.05, 0) is 6.07 Å². The summed E-state index contributed by atoms with van der Waals surface area (Å²) < 4.78 is 66.5. The van der Waals surface area contributed by atoms with E-state index in [1.54, 1.807) is 0 Å². The third kappa shape index (κ3) is 4.39. The van der Waals surface area contributed by atoms with Crippen LogP contribution in [0.2, 0.25) is 0 Å². The van der Waals surface area contributed by atoms with Crippen LogP contribution in [0.4, 0.5) is 10.2 Å². The topological polar surface area (TPSA) is 250 Å². The number of phosphoric ester groups is 1. The monoisotopic (exact) mass is 531 g/mol. The minimum Gasteiger partial charge on any atom is -0.383 e. The van der Waals surface area contributed by atoms with Crippen molar-refractivity contribution < 1.29 is 60.6 Å². The Balaban J connectivity index is 1.82. The van der Waals surface area contributed by atoms with Gasteiger partial charge >= 0.3 is 29.2 Å². The Morgan fingerprint density at radius 1 is 1.26 bits per heavy atom. The van der Waals surface area contributed by atoms with Crippen LogP contribution in [0, 0.1) is 0 Å². The fraction of sp³-hybridized carbons (Fsp3) is 0.600. The fourth-order valence-electron chi connectivity index (χ4n) is 3.13. The summed E-state index contributed by atoms with van der Waals surface area (Å²) in [7, 11) is -17.2. The molecule has 3 unspecified atom stereocenters. The molecule has 1 aromatic rings. The summed E-state index contributed by atoms with van der Waals surface area (Å²) in [6, 6.07) is 1.13. The van der Waals surface area contributed by atoms with Crippen molar-refractivity contribution in [1.82, 2.24) is 9.55 Å². The van der Waals surface area contributed by atoms with Crippen LogP contribution >= 0.6 is 35.1 Å². The number of phosphoric acid groups is 3. The van der Waals surface area contributed by atoms with Gasteiger partial charge < -0.3 is 35.2 Å². The number of rotatable bonds is 8. The maximum atomic E-state index is 15.0. The van der Waals surface area contributed by atoms with Crippen LogP contribution in [-0.2, 0) is 31.6 Å². The van der Waals surface area contributed by atoms with Crippen molar-refractivity contribution in [3.63, 3.8) is 0 Å². The molecule has 1 saturated heterocycles. The van der Waals surface area contributed by atoms with E-state index in [4.69, 9.17) is 36.8 Å². The van der Waals surface area contributed by atoms with Gasteiger partial charge in [0.25, 0.3) is 0 Å². The predicted octanol–water partition coefficient (Wildman–Crippen LogP) is -0.873. The minimum atomic E-state index is -5.85. The van der Waals surface area contributed by atoms with Crippen molar-refractivity contribution in [3.05, 3.63) is 22.7 Å². The first kappa shape index (κ1) is 24.9. The summed E-state index contributed by atoms with van der Waals surface area (Å²) in [6.07, 6.45) is -5.35. The molecule has 176 valence electrons. The van der Waals surface area contributed by atoms with Gasteiger partial charge in [-0.2, -0.15) is 13.6 Å². The molecular formula is C10H14ClFN3O13P3. The highest BCUT2D eigenvalue weighted by Gasteiger charge is 2.90. The molecule has 0 amide bonds. The summed E-state index contributed by atoms with van der Waals surface area (Å²) in [5, 5.41) is 10.6. The van der Waals surface area contributed by atoms with E-state index in [1.807, 2.05) is 0 Å². The summed E-state index contributed by atoms with van der Waals surface area (Å²) >= 11 is 5.71. The molecule has 1 aliphatic carbocycles. The largest absolute Gasteiger partial charge is 0.490 e. The average Bonchev–Trinajstić information content (AvgIpc) is 2.95. The number of alkyl halides is 2. The molecule has 1 aromatic heterocycles. The van der Waals surface area contributed by atoms with Crippen molar-refractivity contribution in [3.8, 4) is 0 Å². The van der Waals surface area contributed by atoms with E-state index < -0.39 is 64.7 Å². The minimum absolute atomic E-state index is 0.184. The summed E-state index contributed by atoms with van der Waals surface area (Å²) in [6.45, 7) is 0. The van der Waals surface area contributed by atoms with E-state index in [-0.39, 0.29) is 5.82 Å². The molecular weight excluding hydrogens is 517 g/mol. The lowest BCUT2D eigenvalue weighted by atomic mass is 10.1. The van der Waals surface area contributed by atoms with Crippen molar-refractivity contribution in [2.45, 2.75) is 29.7 Å². The Labute approximate surface area is 175 Å². The van der Waals surface area contributed by atoms with Gasteiger partial charge in [-0.1, -0.05) is 0 Å². The van der Waals surface area contributed by atoms with E-state index in [1.165, 1.54) is 0 Å². The molecule has 2 heterocycles. The predicted molar refractivity (Wildman–Crippen MR) is 95.1 cm³/mol. The number of nitrogen functional groups attached to an aromatic ring is 1. The number of ether oxygens (including phenoxy) is 1.